The Hall–Kier alpha value is -1.90. The van der Waals surface area contributed by atoms with Crippen LogP contribution in [0.15, 0.2) is 35.5 Å². The van der Waals surface area contributed by atoms with Crippen molar-refractivity contribution in [2.45, 2.75) is 4.90 Å². The largest absolute Gasteiger partial charge is 0.478 e. The van der Waals surface area contributed by atoms with Gasteiger partial charge < -0.3 is 5.11 Å². The predicted octanol–water partition coefficient (Wildman–Crippen LogP) is 2.28. The molecule has 10 heteroatoms. The fourth-order valence-electron chi connectivity index (χ4n) is 1.40. The third-order valence-electron chi connectivity index (χ3n) is 2.40. The van der Waals surface area contributed by atoms with Gasteiger partial charge in [0.15, 0.2) is 10.3 Å². The van der Waals surface area contributed by atoms with Gasteiger partial charge in [-0.05, 0) is 24.3 Å². The van der Waals surface area contributed by atoms with Gasteiger partial charge in [0, 0.05) is 0 Å². The highest BCUT2D eigenvalue weighted by Crippen LogP contribution is 2.28. The average Bonchev–Trinajstić information content (AvgIpc) is 2.43. The third kappa shape index (κ3) is 3.41. The van der Waals surface area contributed by atoms with Crippen molar-refractivity contribution in [3.8, 4) is 0 Å². The highest BCUT2D eigenvalue weighted by molar-refractivity contribution is 7.92. The van der Waals surface area contributed by atoms with Crippen molar-refractivity contribution in [1.82, 2.24) is 9.97 Å². The molecule has 2 aromatic rings. The number of sulfonamides is 1. The lowest BCUT2D eigenvalue weighted by Gasteiger charge is -2.10. The smallest absolute Gasteiger partial charge is 0.335 e. The Bertz CT molecular complexity index is 773. The minimum atomic E-state index is -3.99. The van der Waals surface area contributed by atoms with Gasteiger partial charge in [-0.25, -0.2) is 23.2 Å². The van der Waals surface area contributed by atoms with Gasteiger partial charge in [0.2, 0.25) is 0 Å². The molecule has 1 heterocycles. The topological polar surface area (TPSA) is 109 Å². The number of hydrogen-bond acceptors (Lipinski definition) is 5. The number of carbonyl (C=O) groups is 1. The molecule has 0 saturated heterocycles. The van der Waals surface area contributed by atoms with Crippen LogP contribution in [0.3, 0.4) is 0 Å². The molecule has 0 amide bonds. The number of halogens is 2. The molecule has 0 fully saturated rings. The number of anilines is 1. The lowest BCUT2D eigenvalue weighted by Crippen LogP contribution is -2.14. The van der Waals surface area contributed by atoms with Crippen LogP contribution in [0.25, 0.3) is 0 Å². The van der Waals surface area contributed by atoms with Gasteiger partial charge >= 0.3 is 5.97 Å². The Morgan fingerprint density at radius 3 is 2.10 bits per heavy atom. The maximum atomic E-state index is 12.2. The van der Waals surface area contributed by atoms with Gasteiger partial charge in [0.05, 0.1) is 10.5 Å². The van der Waals surface area contributed by atoms with Crippen LogP contribution in [-0.4, -0.2) is 29.5 Å². The summed E-state index contributed by atoms with van der Waals surface area (Å²) < 4.78 is 26.5. The molecular formula is C11H7Cl2N3O4S. The first-order valence-corrected chi connectivity index (χ1v) is 7.57. The van der Waals surface area contributed by atoms with Gasteiger partial charge in [0.25, 0.3) is 10.0 Å². The van der Waals surface area contributed by atoms with E-state index < -0.39 is 16.0 Å². The van der Waals surface area contributed by atoms with Gasteiger partial charge in [-0.2, -0.15) is 0 Å². The van der Waals surface area contributed by atoms with Crippen molar-refractivity contribution >= 4 is 44.9 Å². The van der Waals surface area contributed by atoms with Gasteiger partial charge in [-0.3, -0.25) is 4.72 Å². The molecule has 2 rings (SSSR count). The van der Waals surface area contributed by atoms with Crippen LogP contribution in [0.4, 0.5) is 5.69 Å². The zero-order valence-corrected chi connectivity index (χ0v) is 12.4. The number of nitrogens with zero attached hydrogens (tertiary/aromatic N) is 2. The molecule has 21 heavy (non-hydrogen) atoms. The summed E-state index contributed by atoms with van der Waals surface area (Å²) in [6.07, 6.45) is 1.09. The first-order chi connectivity index (χ1) is 9.81. The molecule has 110 valence electrons. The minimum absolute atomic E-state index is 0.0342. The fourth-order valence-corrected chi connectivity index (χ4v) is 2.99. The van der Waals surface area contributed by atoms with E-state index in [1.807, 2.05) is 0 Å². The van der Waals surface area contributed by atoms with E-state index in [1.165, 1.54) is 12.1 Å². The Balaban J connectivity index is 2.36. The molecule has 0 aliphatic heterocycles. The van der Waals surface area contributed by atoms with Crippen LogP contribution in [0.5, 0.6) is 0 Å². The van der Waals surface area contributed by atoms with E-state index in [1.54, 1.807) is 0 Å². The van der Waals surface area contributed by atoms with Crippen molar-refractivity contribution in [3.05, 3.63) is 46.5 Å². The van der Waals surface area contributed by atoms with Gasteiger partial charge in [-0.15, -0.1) is 0 Å². The molecule has 0 aliphatic carbocycles. The molecular weight excluding hydrogens is 341 g/mol. The molecule has 0 bridgehead atoms. The minimum Gasteiger partial charge on any atom is -0.478 e. The Kier molecular flexibility index (Phi) is 4.31. The molecule has 1 aromatic carbocycles. The van der Waals surface area contributed by atoms with Gasteiger partial charge in [-0.1, -0.05) is 23.2 Å². The highest BCUT2D eigenvalue weighted by atomic mass is 35.5. The molecule has 0 radical (unpaired) electrons. The third-order valence-corrected chi connectivity index (χ3v) is 4.34. The first kappa shape index (κ1) is 15.5. The van der Waals surface area contributed by atoms with Crippen molar-refractivity contribution in [3.63, 3.8) is 0 Å². The molecule has 0 spiro atoms. The highest BCUT2D eigenvalue weighted by Gasteiger charge is 2.19. The first-order valence-electron chi connectivity index (χ1n) is 5.33. The monoisotopic (exact) mass is 347 g/mol. The van der Waals surface area contributed by atoms with Crippen LogP contribution < -0.4 is 4.72 Å². The molecule has 7 nitrogen and oxygen atoms in total. The fraction of sp³-hybridized carbons (Fsp3) is 0. The Morgan fingerprint density at radius 2 is 1.62 bits per heavy atom. The Labute approximate surface area is 129 Å². The molecule has 2 N–H and O–H groups in total. The van der Waals surface area contributed by atoms with Crippen molar-refractivity contribution < 1.29 is 18.3 Å². The molecule has 0 unspecified atom stereocenters. The van der Waals surface area contributed by atoms with E-state index in [0.29, 0.717) is 0 Å². The van der Waals surface area contributed by atoms with E-state index in [2.05, 4.69) is 14.7 Å². The van der Waals surface area contributed by atoms with Crippen LogP contribution in [0.2, 0.25) is 10.3 Å². The number of rotatable bonds is 4. The van der Waals surface area contributed by atoms with Crippen LogP contribution >= 0.6 is 23.2 Å². The normalized spacial score (nSPS) is 11.1. The van der Waals surface area contributed by atoms with E-state index >= 15 is 0 Å². The summed E-state index contributed by atoms with van der Waals surface area (Å²) in [6, 6.07) is 4.64. The summed E-state index contributed by atoms with van der Waals surface area (Å²) in [5.41, 5.74) is -0.184. The summed E-state index contributed by atoms with van der Waals surface area (Å²) in [5, 5.41) is 8.47. The van der Waals surface area contributed by atoms with Crippen LogP contribution in [0.1, 0.15) is 10.4 Å². The predicted molar refractivity (Wildman–Crippen MR) is 76.3 cm³/mol. The number of aromatic carboxylic acids is 1. The standard InChI is InChI=1S/C11H7Cl2N3O4S/c12-9-8(10(13)15-5-14-9)16-21(19,20)7-3-1-6(2-4-7)11(17)18/h1-5,16H,(H,17,18). The second-order valence-electron chi connectivity index (χ2n) is 3.77. The van der Waals surface area contributed by atoms with Crippen LogP contribution in [0, 0.1) is 0 Å². The quantitative estimate of drug-likeness (QED) is 0.821. The van der Waals surface area contributed by atoms with Gasteiger partial charge in [0.1, 0.15) is 12.0 Å². The average molecular weight is 348 g/mol. The summed E-state index contributed by atoms with van der Waals surface area (Å²) in [7, 11) is -3.99. The summed E-state index contributed by atoms with van der Waals surface area (Å²) >= 11 is 11.5. The van der Waals surface area contributed by atoms with E-state index in [0.717, 1.165) is 18.5 Å². The lowest BCUT2D eigenvalue weighted by atomic mass is 10.2. The summed E-state index contributed by atoms with van der Waals surface area (Å²) in [6.45, 7) is 0. The number of benzene rings is 1. The van der Waals surface area contributed by atoms with E-state index in [9.17, 15) is 13.2 Å². The number of carboxylic acid groups (broad SMARTS) is 1. The Morgan fingerprint density at radius 1 is 1.10 bits per heavy atom. The second-order valence-corrected chi connectivity index (χ2v) is 6.16. The maximum absolute atomic E-state index is 12.2. The molecule has 0 aliphatic rings. The maximum Gasteiger partial charge on any atom is 0.335 e. The number of nitrogens with one attached hydrogen (secondary N) is 1. The second kappa shape index (κ2) is 5.84. The van der Waals surface area contributed by atoms with Crippen molar-refractivity contribution in [1.29, 1.82) is 0 Å². The zero-order chi connectivity index (χ0) is 15.6. The number of carboxylic acids is 1. The summed E-state index contributed by atoms with van der Waals surface area (Å²) in [4.78, 5) is 17.8. The number of hydrogen-bond donors (Lipinski definition) is 2. The molecule has 0 saturated carbocycles. The van der Waals surface area contributed by atoms with E-state index in [-0.39, 0.29) is 26.5 Å². The van der Waals surface area contributed by atoms with Crippen molar-refractivity contribution in [2.75, 3.05) is 4.72 Å². The van der Waals surface area contributed by atoms with Crippen LogP contribution in [-0.2, 0) is 10.0 Å². The lowest BCUT2D eigenvalue weighted by molar-refractivity contribution is 0.0697. The molecule has 0 atom stereocenters. The SMILES string of the molecule is O=C(O)c1ccc(S(=O)(=O)Nc2c(Cl)ncnc2Cl)cc1. The van der Waals surface area contributed by atoms with E-state index in [4.69, 9.17) is 28.3 Å². The number of aromatic nitrogens is 2. The van der Waals surface area contributed by atoms with Crippen molar-refractivity contribution in [2.24, 2.45) is 0 Å². The molecule has 1 aromatic heterocycles. The summed E-state index contributed by atoms with van der Waals surface area (Å²) in [5.74, 6) is -1.16. The zero-order valence-electron chi connectivity index (χ0n) is 10.1.